The maximum atomic E-state index is 13.4. The number of hydrazone groups is 1. The summed E-state index contributed by atoms with van der Waals surface area (Å²) in [6.45, 7) is 5.83. The maximum absolute atomic E-state index is 13.4. The quantitative estimate of drug-likeness (QED) is 0.537. The minimum atomic E-state index is -4.20. The van der Waals surface area contributed by atoms with Crippen LogP contribution in [0.5, 0.6) is 5.75 Å². The highest BCUT2D eigenvalue weighted by atomic mass is 32.2. The normalized spacial score (nSPS) is 16.4. The van der Waals surface area contributed by atoms with Crippen LogP contribution in [0.25, 0.3) is 0 Å². The van der Waals surface area contributed by atoms with Crippen LogP contribution in [0.15, 0.2) is 58.5 Å². The molecule has 0 fully saturated rings. The predicted molar refractivity (Wildman–Crippen MR) is 124 cm³/mol. The molecule has 1 aliphatic heterocycles. The zero-order valence-electron chi connectivity index (χ0n) is 18.6. The molecule has 0 aliphatic carbocycles. The number of aromatic hydroxyl groups is 1. The Bertz CT molecular complexity index is 1180. The van der Waals surface area contributed by atoms with E-state index in [-0.39, 0.29) is 21.9 Å². The fraction of sp³-hybridized carbons (Fsp3) is 0.348. The van der Waals surface area contributed by atoms with Crippen molar-refractivity contribution < 1.29 is 23.1 Å². The summed E-state index contributed by atoms with van der Waals surface area (Å²) < 4.78 is 24.0. The van der Waals surface area contributed by atoms with Crippen LogP contribution in [0.1, 0.15) is 42.6 Å². The summed E-state index contributed by atoms with van der Waals surface area (Å²) in [5.74, 6) is -2.35. The molecule has 3 rings (SSSR count). The number of phenolic OH excluding ortho intramolecular Hbond substituents is 1. The molecule has 33 heavy (non-hydrogen) atoms. The highest BCUT2D eigenvalue weighted by molar-refractivity contribution is 7.89. The summed E-state index contributed by atoms with van der Waals surface area (Å²) >= 11 is 0. The van der Waals surface area contributed by atoms with Crippen molar-refractivity contribution in [3.63, 3.8) is 0 Å². The molecule has 0 bridgehead atoms. The number of rotatable bonds is 9. The average molecular weight is 473 g/mol. The summed E-state index contributed by atoms with van der Waals surface area (Å²) in [7, 11) is -4.20. The van der Waals surface area contributed by atoms with E-state index in [0.717, 1.165) is 19.4 Å². The van der Waals surface area contributed by atoms with E-state index in [0.29, 0.717) is 23.7 Å². The SMILES string of the molecule is CCCCN(CC)CC1C(=O)N(C(=O)c2ccccc2S(N)(=O)=O)N=C1c1ccccc1O. The van der Waals surface area contributed by atoms with Crippen molar-refractivity contribution in [1.82, 2.24) is 9.91 Å². The molecule has 3 N–H and O–H groups in total. The number of sulfonamides is 1. The number of unbranched alkanes of at least 4 members (excludes halogenated alkanes) is 1. The van der Waals surface area contributed by atoms with Gasteiger partial charge in [-0.1, -0.05) is 44.5 Å². The molecular formula is C23H28N4O5S. The van der Waals surface area contributed by atoms with Gasteiger partial charge >= 0.3 is 0 Å². The van der Waals surface area contributed by atoms with Gasteiger partial charge in [0.25, 0.3) is 11.8 Å². The lowest BCUT2D eigenvalue weighted by Gasteiger charge is -2.24. The maximum Gasteiger partial charge on any atom is 0.282 e. The van der Waals surface area contributed by atoms with Gasteiger partial charge in [-0.15, -0.1) is 0 Å². The standard InChI is InChI=1S/C23H28N4O5S/c1-3-5-14-26(4-2)15-18-21(16-10-6-8-12-19(16)28)25-27(23(18)30)22(29)17-11-7-9-13-20(17)33(24,31)32/h6-13,18,28H,3-5,14-15H2,1-2H3,(H2,24,31,32). The van der Waals surface area contributed by atoms with E-state index in [1.54, 1.807) is 18.2 Å². The lowest BCUT2D eigenvalue weighted by atomic mass is 9.95. The van der Waals surface area contributed by atoms with Crippen LogP contribution in [0, 0.1) is 5.92 Å². The van der Waals surface area contributed by atoms with Gasteiger partial charge in [-0.05, 0) is 43.8 Å². The Morgan fingerprint density at radius 2 is 1.82 bits per heavy atom. The van der Waals surface area contributed by atoms with E-state index in [4.69, 9.17) is 5.14 Å². The first-order valence-corrected chi connectivity index (χ1v) is 12.3. The molecule has 176 valence electrons. The van der Waals surface area contributed by atoms with Gasteiger partial charge < -0.3 is 10.0 Å². The molecular weight excluding hydrogens is 444 g/mol. The zero-order valence-corrected chi connectivity index (χ0v) is 19.5. The third-order valence-corrected chi connectivity index (χ3v) is 6.53. The molecule has 1 atom stereocenters. The summed E-state index contributed by atoms with van der Waals surface area (Å²) in [6.07, 6.45) is 1.94. The molecule has 0 radical (unpaired) electrons. The summed E-state index contributed by atoms with van der Waals surface area (Å²) in [5.41, 5.74) is 0.361. The lowest BCUT2D eigenvalue weighted by molar-refractivity contribution is -0.129. The number of para-hydroxylation sites is 1. The van der Waals surface area contributed by atoms with Crippen LogP contribution in [0.3, 0.4) is 0 Å². The van der Waals surface area contributed by atoms with E-state index < -0.39 is 27.8 Å². The number of imide groups is 1. The summed E-state index contributed by atoms with van der Waals surface area (Å²) in [4.78, 5) is 28.4. The van der Waals surface area contributed by atoms with Gasteiger partial charge in [0.1, 0.15) is 5.75 Å². The Kier molecular flexibility index (Phi) is 7.62. The number of primary sulfonamides is 1. The molecule has 0 aromatic heterocycles. The number of amides is 2. The molecule has 0 saturated carbocycles. The number of nitrogens with zero attached hydrogens (tertiary/aromatic N) is 3. The van der Waals surface area contributed by atoms with Crippen molar-refractivity contribution in [1.29, 1.82) is 0 Å². The second-order valence-corrected chi connectivity index (χ2v) is 9.33. The Hall–Kier alpha value is -3.08. The third kappa shape index (κ3) is 5.29. The van der Waals surface area contributed by atoms with E-state index in [2.05, 4.69) is 16.9 Å². The van der Waals surface area contributed by atoms with Gasteiger partial charge in [0.05, 0.1) is 22.1 Å². The van der Waals surface area contributed by atoms with Crippen molar-refractivity contribution >= 4 is 27.5 Å². The van der Waals surface area contributed by atoms with Gasteiger partial charge in [-0.2, -0.15) is 10.1 Å². The van der Waals surface area contributed by atoms with Crippen molar-refractivity contribution in [2.24, 2.45) is 16.2 Å². The molecule has 2 amide bonds. The van der Waals surface area contributed by atoms with Crippen molar-refractivity contribution in [3.05, 3.63) is 59.7 Å². The largest absolute Gasteiger partial charge is 0.507 e. The second kappa shape index (κ2) is 10.2. The molecule has 1 unspecified atom stereocenters. The minimum Gasteiger partial charge on any atom is -0.507 e. The van der Waals surface area contributed by atoms with Crippen LogP contribution in [-0.4, -0.2) is 60.6 Å². The van der Waals surface area contributed by atoms with E-state index in [1.165, 1.54) is 30.3 Å². The number of benzene rings is 2. The molecule has 0 spiro atoms. The van der Waals surface area contributed by atoms with Gasteiger partial charge in [0.15, 0.2) is 0 Å². The van der Waals surface area contributed by atoms with Crippen LogP contribution in [-0.2, 0) is 14.8 Å². The Morgan fingerprint density at radius 3 is 2.45 bits per heavy atom. The third-order valence-electron chi connectivity index (χ3n) is 5.56. The van der Waals surface area contributed by atoms with Gasteiger partial charge in [0, 0.05) is 12.1 Å². The molecule has 9 nitrogen and oxygen atoms in total. The predicted octanol–water partition coefficient (Wildman–Crippen LogP) is 2.16. The first kappa shape index (κ1) is 24.6. The summed E-state index contributed by atoms with van der Waals surface area (Å²) in [5, 5.41) is 20.6. The number of carbonyl (C=O) groups is 2. The lowest BCUT2D eigenvalue weighted by Crippen LogP contribution is -2.40. The number of phenols is 1. The van der Waals surface area contributed by atoms with E-state index in [1.807, 2.05) is 6.92 Å². The van der Waals surface area contributed by atoms with Crippen LogP contribution in [0.4, 0.5) is 0 Å². The number of hydrogen-bond acceptors (Lipinski definition) is 7. The molecule has 0 saturated heterocycles. The Morgan fingerprint density at radius 1 is 1.15 bits per heavy atom. The van der Waals surface area contributed by atoms with Gasteiger partial charge in [-0.3, -0.25) is 9.59 Å². The fourth-order valence-corrected chi connectivity index (χ4v) is 4.49. The average Bonchev–Trinajstić information content (AvgIpc) is 3.11. The van der Waals surface area contributed by atoms with Gasteiger partial charge in [-0.25, -0.2) is 13.6 Å². The van der Waals surface area contributed by atoms with E-state index >= 15 is 0 Å². The van der Waals surface area contributed by atoms with Crippen molar-refractivity contribution in [2.45, 2.75) is 31.6 Å². The van der Waals surface area contributed by atoms with Crippen LogP contribution < -0.4 is 5.14 Å². The zero-order chi connectivity index (χ0) is 24.2. The van der Waals surface area contributed by atoms with Crippen molar-refractivity contribution in [2.75, 3.05) is 19.6 Å². The van der Waals surface area contributed by atoms with Crippen LogP contribution in [0.2, 0.25) is 0 Å². The monoisotopic (exact) mass is 472 g/mol. The molecule has 1 aliphatic rings. The highest BCUT2D eigenvalue weighted by Gasteiger charge is 2.42. The topological polar surface area (TPSA) is 133 Å². The highest BCUT2D eigenvalue weighted by Crippen LogP contribution is 2.29. The Labute approximate surface area is 193 Å². The first-order valence-electron chi connectivity index (χ1n) is 10.8. The van der Waals surface area contributed by atoms with Gasteiger partial charge in [0.2, 0.25) is 10.0 Å². The van der Waals surface area contributed by atoms with Crippen molar-refractivity contribution in [3.8, 4) is 5.75 Å². The fourth-order valence-electron chi connectivity index (χ4n) is 3.76. The number of hydrogen-bond donors (Lipinski definition) is 2. The first-order chi connectivity index (χ1) is 15.7. The Balaban J connectivity index is 2.04. The summed E-state index contributed by atoms with van der Waals surface area (Å²) in [6, 6.07) is 11.9. The number of nitrogens with two attached hydrogens (primary N) is 1. The molecule has 2 aromatic carbocycles. The molecule has 1 heterocycles. The minimum absolute atomic E-state index is 0.0649. The smallest absolute Gasteiger partial charge is 0.282 e. The molecule has 2 aromatic rings. The van der Waals surface area contributed by atoms with Crippen LogP contribution >= 0.6 is 0 Å². The van der Waals surface area contributed by atoms with E-state index in [9.17, 15) is 23.1 Å². The number of carbonyl (C=O) groups excluding carboxylic acids is 2. The molecule has 10 heteroatoms. The second-order valence-electron chi connectivity index (χ2n) is 7.80.